The predicted octanol–water partition coefficient (Wildman–Crippen LogP) is 2.01. The molecular weight excluding hydrogens is 303 g/mol. The van der Waals surface area contributed by atoms with E-state index in [-0.39, 0.29) is 29.3 Å². The molecule has 0 aliphatic heterocycles. The number of halogens is 2. The van der Waals surface area contributed by atoms with Gasteiger partial charge in [0.05, 0.1) is 11.6 Å². The molecule has 0 unspecified atom stereocenters. The van der Waals surface area contributed by atoms with Crippen molar-refractivity contribution >= 4 is 23.5 Å². The number of anilines is 1. The van der Waals surface area contributed by atoms with Crippen molar-refractivity contribution in [1.82, 2.24) is 15.2 Å². The molecule has 0 bridgehead atoms. The van der Waals surface area contributed by atoms with E-state index >= 15 is 0 Å². The first-order valence-corrected chi connectivity index (χ1v) is 6.39. The minimum absolute atomic E-state index is 0.0843. The third kappa shape index (κ3) is 4.32. The highest BCUT2D eigenvalue weighted by molar-refractivity contribution is 6.32. The van der Waals surface area contributed by atoms with Crippen LogP contribution in [0.4, 0.5) is 10.3 Å². The topological polar surface area (TPSA) is 89.1 Å². The van der Waals surface area contributed by atoms with Gasteiger partial charge in [-0.2, -0.15) is 4.98 Å². The largest absolute Gasteiger partial charge is 0.482 e. The van der Waals surface area contributed by atoms with Crippen molar-refractivity contribution in [3.05, 3.63) is 29.0 Å². The maximum atomic E-state index is 12.8. The first-order valence-electron chi connectivity index (χ1n) is 6.01. The lowest BCUT2D eigenvalue weighted by Gasteiger charge is -2.07. The number of nitrogens with zero attached hydrogens (tertiary/aromatic N) is 2. The van der Waals surface area contributed by atoms with E-state index in [0.717, 1.165) is 6.07 Å². The Kier molecular flexibility index (Phi) is 4.94. The van der Waals surface area contributed by atoms with Crippen LogP contribution in [0.15, 0.2) is 18.2 Å². The number of carbonyl (C=O) groups excluding carboxylic acids is 1. The molecule has 1 aromatic heterocycles. The molecule has 21 heavy (non-hydrogen) atoms. The van der Waals surface area contributed by atoms with E-state index in [0.29, 0.717) is 6.61 Å². The van der Waals surface area contributed by atoms with Crippen LogP contribution >= 0.6 is 11.6 Å². The Labute approximate surface area is 124 Å². The summed E-state index contributed by atoms with van der Waals surface area (Å²) in [4.78, 5) is 15.5. The van der Waals surface area contributed by atoms with E-state index in [2.05, 4.69) is 20.5 Å². The Morgan fingerprint density at radius 1 is 1.48 bits per heavy atom. The summed E-state index contributed by atoms with van der Waals surface area (Å²) < 4.78 is 23.1. The van der Waals surface area contributed by atoms with Gasteiger partial charge in [-0.1, -0.05) is 11.6 Å². The molecule has 2 aromatic rings. The Morgan fingerprint density at radius 3 is 3.00 bits per heavy atom. The molecule has 0 fully saturated rings. The summed E-state index contributed by atoms with van der Waals surface area (Å²) in [7, 11) is 0. The lowest BCUT2D eigenvalue weighted by molar-refractivity contribution is -0.118. The van der Waals surface area contributed by atoms with Crippen LogP contribution in [0.25, 0.3) is 0 Å². The summed E-state index contributed by atoms with van der Waals surface area (Å²) in [5, 5.41) is 8.73. The zero-order chi connectivity index (χ0) is 15.2. The van der Waals surface area contributed by atoms with Gasteiger partial charge in [-0.15, -0.1) is 5.10 Å². The second kappa shape index (κ2) is 6.89. The molecule has 0 atom stereocenters. The summed E-state index contributed by atoms with van der Waals surface area (Å²) in [5.41, 5.74) is 0. The zero-order valence-corrected chi connectivity index (χ0v) is 11.8. The molecule has 1 aromatic carbocycles. The SMILES string of the molecule is CCOc1n[nH]c(NC(=O)COc2ccc(F)cc2Cl)n1. The van der Waals surface area contributed by atoms with E-state index < -0.39 is 11.7 Å². The minimum Gasteiger partial charge on any atom is -0.482 e. The van der Waals surface area contributed by atoms with Crippen LogP contribution < -0.4 is 14.8 Å². The lowest BCUT2D eigenvalue weighted by atomic mass is 10.3. The van der Waals surface area contributed by atoms with Crippen LogP contribution in [0.5, 0.6) is 11.8 Å². The molecule has 2 rings (SSSR count). The average molecular weight is 315 g/mol. The van der Waals surface area contributed by atoms with Crippen molar-refractivity contribution in [2.75, 3.05) is 18.5 Å². The molecule has 112 valence electrons. The van der Waals surface area contributed by atoms with Gasteiger partial charge >= 0.3 is 6.01 Å². The summed E-state index contributed by atoms with van der Waals surface area (Å²) >= 11 is 5.77. The Morgan fingerprint density at radius 2 is 2.29 bits per heavy atom. The van der Waals surface area contributed by atoms with Gasteiger partial charge in [-0.25, -0.2) is 9.49 Å². The molecular formula is C12H12ClFN4O3. The zero-order valence-electron chi connectivity index (χ0n) is 11.0. The van der Waals surface area contributed by atoms with Crippen molar-refractivity contribution in [3.8, 4) is 11.8 Å². The first kappa shape index (κ1) is 15.0. The number of benzene rings is 1. The maximum Gasteiger partial charge on any atom is 0.337 e. The fraction of sp³-hybridized carbons (Fsp3) is 0.250. The molecule has 0 saturated carbocycles. The molecule has 0 radical (unpaired) electrons. The van der Waals surface area contributed by atoms with E-state index in [1.54, 1.807) is 6.92 Å². The van der Waals surface area contributed by atoms with Crippen molar-refractivity contribution in [1.29, 1.82) is 0 Å². The first-order chi connectivity index (χ1) is 10.1. The fourth-order valence-electron chi connectivity index (χ4n) is 1.40. The number of aromatic nitrogens is 3. The van der Waals surface area contributed by atoms with Gasteiger partial charge in [-0.3, -0.25) is 10.1 Å². The summed E-state index contributed by atoms with van der Waals surface area (Å²) in [6, 6.07) is 3.76. The van der Waals surface area contributed by atoms with Gasteiger partial charge in [0.25, 0.3) is 5.91 Å². The number of aromatic amines is 1. The normalized spacial score (nSPS) is 10.2. The highest BCUT2D eigenvalue weighted by Gasteiger charge is 2.10. The molecule has 0 spiro atoms. The number of rotatable bonds is 6. The van der Waals surface area contributed by atoms with Crippen LogP contribution in [-0.2, 0) is 4.79 Å². The predicted molar refractivity (Wildman–Crippen MR) is 73.1 cm³/mol. The third-order valence-electron chi connectivity index (χ3n) is 2.25. The summed E-state index contributed by atoms with van der Waals surface area (Å²) in [5.74, 6) is -0.616. The van der Waals surface area contributed by atoms with Gasteiger partial charge in [0, 0.05) is 0 Å². The molecule has 9 heteroatoms. The van der Waals surface area contributed by atoms with Crippen LogP contribution in [0.2, 0.25) is 5.02 Å². The Balaban J connectivity index is 1.86. The van der Waals surface area contributed by atoms with E-state index in [9.17, 15) is 9.18 Å². The van der Waals surface area contributed by atoms with Crippen molar-refractivity contribution < 1.29 is 18.7 Å². The molecule has 0 aliphatic rings. The maximum absolute atomic E-state index is 12.8. The Bertz CT molecular complexity index is 635. The second-order valence-corrected chi connectivity index (χ2v) is 4.22. The number of amides is 1. The smallest absolute Gasteiger partial charge is 0.337 e. The van der Waals surface area contributed by atoms with Gasteiger partial charge in [0.15, 0.2) is 6.61 Å². The number of H-pyrrole nitrogens is 1. The highest BCUT2D eigenvalue weighted by Crippen LogP contribution is 2.24. The van der Waals surface area contributed by atoms with Gasteiger partial charge in [0.2, 0.25) is 5.95 Å². The summed E-state index contributed by atoms with van der Waals surface area (Å²) in [6.07, 6.45) is 0. The van der Waals surface area contributed by atoms with Crippen LogP contribution in [-0.4, -0.2) is 34.3 Å². The summed E-state index contributed by atoms with van der Waals surface area (Å²) in [6.45, 7) is 1.89. The molecule has 0 saturated heterocycles. The average Bonchev–Trinajstić information content (AvgIpc) is 2.85. The van der Waals surface area contributed by atoms with E-state index in [4.69, 9.17) is 21.1 Å². The highest BCUT2D eigenvalue weighted by atomic mass is 35.5. The van der Waals surface area contributed by atoms with Crippen molar-refractivity contribution in [2.45, 2.75) is 6.92 Å². The number of ether oxygens (including phenoxy) is 2. The number of hydrogen-bond acceptors (Lipinski definition) is 5. The van der Waals surface area contributed by atoms with E-state index in [1.807, 2.05) is 0 Å². The van der Waals surface area contributed by atoms with Crippen molar-refractivity contribution in [2.24, 2.45) is 0 Å². The van der Waals surface area contributed by atoms with Gasteiger partial charge in [0.1, 0.15) is 11.6 Å². The molecule has 0 aliphatic carbocycles. The Hall–Kier alpha value is -2.35. The van der Waals surface area contributed by atoms with E-state index in [1.165, 1.54) is 12.1 Å². The number of hydrogen-bond donors (Lipinski definition) is 2. The molecule has 1 amide bonds. The fourth-order valence-corrected chi connectivity index (χ4v) is 1.62. The second-order valence-electron chi connectivity index (χ2n) is 3.81. The van der Waals surface area contributed by atoms with Gasteiger partial charge < -0.3 is 9.47 Å². The molecule has 1 heterocycles. The molecule has 2 N–H and O–H groups in total. The molecule has 7 nitrogen and oxygen atoms in total. The monoisotopic (exact) mass is 314 g/mol. The van der Waals surface area contributed by atoms with Crippen LogP contribution in [0.3, 0.4) is 0 Å². The van der Waals surface area contributed by atoms with Crippen LogP contribution in [0, 0.1) is 5.82 Å². The standard InChI is InChI=1S/C12H12ClFN4O3/c1-2-20-12-16-11(17-18-12)15-10(19)6-21-9-4-3-7(14)5-8(9)13/h3-5H,2,6H2,1H3,(H2,15,16,17,18,19). The lowest BCUT2D eigenvalue weighted by Crippen LogP contribution is -2.21. The quantitative estimate of drug-likeness (QED) is 0.851. The minimum atomic E-state index is -0.484. The van der Waals surface area contributed by atoms with Crippen LogP contribution in [0.1, 0.15) is 6.92 Å². The van der Waals surface area contributed by atoms with Crippen molar-refractivity contribution in [3.63, 3.8) is 0 Å². The number of nitrogens with one attached hydrogen (secondary N) is 2. The third-order valence-corrected chi connectivity index (χ3v) is 2.54. The number of carbonyl (C=O) groups is 1. The van der Waals surface area contributed by atoms with Gasteiger partial charge in [-0.05, 0) is 25.1 Å².